The molecule has 0 radical (unpaired) electrons. The zero-order chi connectivity index (χ0) is 21.3. The van der Waals surface area contributed by atoms with E-state index in [1.807, 2.05) is 48.5 Å². The summed E-state index contributed by atoms with van der Waals surface area (Å²) in [5.41, 5.74) is 4.98. The first kappa shape index (κ1) is 21.7. The van der Waals surface area contributed by atoms with Gasteiger partial charge in [-0.15, -0.1) is 0 Å². The molecule has 3 aromatic carbocycles. The van der Waals surface area contributed by atoms with Crippen molar-refractivity contribution in [2.75, 3.05) is 7.11 Å². The number of amides is 1. The van der Waals surface area contributed by atoms with Gasteiger partial charge in [-0.25, -0.2) is 5.43 Å². The molecule has 1 N–H and O–H groups in total. The second-order valence-electron chi connectivity index (χ2n) is 6.41. The summed E-state index contributed by atoms with van der Waals surface area (Å²) in [7, 11) is 1.56. The first-order valence-electron chi connectivity index (χ1n) is 9.15. The van der Waals surface area contributed by atoms with Gasteiger partial charge in [0.05, 0.1) is 19.7 Å². The van der Waals surface area contributed by atoms with Crippen molar-refractivity contribution in [3.63, 3.8) is 0 Å². The minimum Gasteiger partial charge on any atom is -0.497 e. The molecule has 7 heteroatoms. The van der Waals surface area contributed by atoms with E-state index in [1.54, 1.807) is 31.5 Å². The van der Waals surface area contributed by atoms with Gasteiger partial charge in [0.2, 0.25) is 5.91 Å². The molecule has 0 atom stereocenters. The molecule has 3 aromatic rings. The standard InChI is InChI=1S/C23H20Cl2N2O3/c1-29-20-9-10-22(25)18(12-20)13-23(28)27-26-14-17-3-2-4-21(11-17)30-15-16-5-7-19(24)8-6-16/h2-12,14H,13,15H2,1H3,(H,27,28)/b26-14+. The van der Waals surface area contributed by atoms with Crippen LogP contribution >= 0.6 is 23.2 Å². The minimum absolute atomic E-state index is 0.0949. The number of hydrazone groups is 1. The molecular formula is C23H20Cl2N2O3. The smallest absolute Gasteiger partial charge is 0.244 e. The fraction of sp³-hybridized carbons (Fsp3) is 0.130. The molecule has 0 aromatic heterocycles. The molecule has 0 saturated heterocycles. The maximum atomic E-state index is 12.1. The third-order valence-electron chi connectivity index (χ3n) is 4.18. The Hall–Kier alpha value is -3.02. The molecule has 0 bridgehead atoms. The maximum absolute atomic E-state index is 12.1. The Labute approximate surface area is 185 Å². The van der Waals surface area contributed by atoms with Crippen LogP contribution in [0.1, 0.15) is 16.7 Å². The highest BCUT2D eigenvalue weighted by atomic mass is 35.5. The monoisotopic (exact) mass is 442 g/mol. The SMILES string of the molecule is COc1ccc(Cl)c(CC(=O)N/N=C/c2cccc(OCc3ccc(Cl)cc3)c2)c1. The normalized spacial score (nSPS) is 10.8. The van der Waals surface area contributed by atoms with Crippen LogP contribution in [0.4, 0.5) is 0 Å². The lowest BCUT2D eigenvalue weighted by atomic mass is 10.1. The van der Waals surface area contributed by atoms with Crippen molar-refractivity contribution < 1.29 is 14.3 Å². The predicted octanol–water partition coefficient (Wildman–Crippen LogP) is 5.27. The molecule has 3 rings (SSSR count). The fourth-order valence-corrected chi connectivity index (χ4v) is 2.95. The predicted molar refractivity (Wildman–Crippen MR) is 120 cm³/mol. The first-order chi connectivity index (χ1) is 14.5. The maximum Gasteiger partial charge on any atom is 0.244 e. The zero-order valence-electron chi connectivity index (χ0n) is 16.3. The number of hydrogen-bond acceptors (Lipinski definition) is 4. The van der Waals surface area contributed by atoms with Crippen LogP contribution in [0, 0.1) is 0 Å². The van der Waals surface area contributed by atoms with E-state index in [9.17, 15) is 4.79 Å². The molecule has 0 fully saturated rings. The summed E-state index contributed by atoms with van der Waals surface area (Å²) in [6, 6.07) is 20.1. The minimum atomic E-state index is -0.281. The van der Waals surface area contributed by atoms with Crippen molar-refractivity contribution in [2.45, 2.75) is 13.0 Å². The number of halogens is 2. The van der Waals surface area contributed by atoms with Crippen LogP contribution in [0.3, 0.4) is 0 Å². The van der Waals surface area contributed by atoms with Gasteiger partial charge in [0.25, 0.3) is 0 Å². The highest BCUT2D eigenvalue weighted by molar-refractivity contribution is 6.31. The van der Waals surface area contributed by atoms with Crippen LogP contribution < -0.4 is 14.9 Å². The van der Waals surface area contributed by atoms with Crippen molar-refractivity contribution in [2.24, 2.45) is 5.10 Å². The van der Waals surface area contributed by atoms with Gasteiger partial charge in [-0.1, -0.05) is 47.5 Å². The average molecular weight is 443 g/mol. The number of nitrogens with one attached hydrogen (secondary N) is 1. The Morgan fingerprint density at radius 3 is 2.60 bits per heavy atom. The van der Waals surface area contributed by atoms with E-state index in [1.165, 1.54) is 0 Å². The summed E-state index contributed by atoms with van der Waals surface area (Å²) in [4.78, 5) is 12.1. The van der Waals surface area contributed by atoms with Crippen LogP contribution in [-0.4, -0.2) is 19.2 Å². The lowest BCUT2D eigenvalue weighted by Crippen LogP contribution is -2.20. The number of ether oxygens (including phenoxy) is 2. The lowest BCUT2D eigenvalue weighted by Gasteiger charge is -2.07. The van der Waals surface area contributed by atoms with Gasteiger partial charge in [-0.3, -0.25) is 4.79 Å². The summed E-state index contributed by atoms with van der Waals surface area (Å²) in [6.07, 6.45) is 1.65. The largest absolute Gasteiger partial charge is 0.497 e. The van der Waals surface area contributed by atoms with Crippen LogP contribution in [0.15, 0.2) is 71.8 Å². The lowest BCUT2D eigenvalue weighted by molar-refractivity contribution is -0.120. The molecule has 154 valence electrons. The van der Waals surface area contributed by atoms with Crippen molar-refractivity contribution >= 4 is 35.3 Å². The molecule has 0 heterocycles. The third kappa shape index (κ3) is 6.51. The van der Waals surface area contributed by atoms with Gasteiger partial charge < -0.3 is 9.47 Å². The van der Waals surface area contributed by atoms with E-state index in [2.05, 4.69) is 10.5 Å². The van der Waals surface area contributed by atoms with E-state index < -0.39 is 0 Å². The van der Waals surface area contributed by atoms with Crippen LogP contribution in [0.5, 0.6) is 11.5 Å². The van der Waals surface area contributed by atoms with E-state index in [4.69, 9.17) is 32.7 Å². The number of carbonyl (C=O) groups excluding carboxylic acids is 1. The Morgan fingerprint density at radius 1 is 1.03 bits per heavy atom. The van der Waals surface area contributed by atoms with E-state index in [-0.39, 0.29) is 12.3 Å². The molecule has 0 aliphatic rings. The molecule has 0 saturated carbocycles. The summed E-state index contributed by atoms with van der Waals surface area (Å²) in [6.45, 7) is 0.426. The summed E-state index contributed by atoms with van der Waals surface area (Å²) in [5, 5.41) is 5.20. The highest BCUT2D eigenvalue weighted by Gasteiger charge is 2.08. The third-order valence-corrected chi connectivity index (χ3v) is 4.80. The molecule has 5 nitrogen and oxygen atoms in total. The number of rotatable bonds is 8. The molecular weight excluding hydrogens is 423 g/mol. The number of carbonyl (C=O) groups is 1. The van der Waals surface area contributed by atoms with Gasteiger partial charge in [0, 0.05) is 10.0 Å². The van der Waals surface area contributed by atoms with Gasteiger partial charge in [0.1, 0.15) is 18.1 Å². The molecule has 1 amide bonds. The Morgan fingerprint density at radius 2 is 1.83 bits per heavy atom. The van der Waals surface area contributed by atoms with Gasteiger partial charge in [-0.05, 0) is 59.2 Å². The quantitative estimate of drug-likeness (QED) is 0.381. The topological polar surface area (TPSA) is 59.9 Å². The second-order valence-corrected chi connectivity index (χ2v) is 7.26. The highest BCUT2D eigenvalue weighted by Crippen LogP contribution is 2.22. The molecule has 0 aliphatic heterocycles. The molecule has 0 aliphatic carbocycles. The summed E-state index contributed by atoms with van der Waals surface area (Å²) in [5.74, 6) is 1.06. The van der Waals surface area contributed by atoms with Gasteiger partial charge in [0.15, 0.2) is 0 Å². The summed E-state index contributed by atoms with van der Waals surface area (Å²) >= 11 is 12.0. The molecule has 30 heavy (non-hydrogen) atoms. The molecule has 0 unspecified atom stereocenters. The van der Waals surface area contributed by atoms with E-state index >= 15 is 0 Å². The Bertz CT molecular complexity index is 1040. The number of methoxy groups -OCH3 is 1. The van der Waals surface area contributed by atoms with Crippen LogP contribution in [0.2, 0.25) is 10.0 Å². The number of hydrogen-bond donors (Lipinski definition) is 1. The Kier molecular flexibility index (Phi) is 7.71. The van der Waals surface area contributed by atoms with Crippen LogP contribution in [0.25, 0.3) is 0 Å². The number of benzene rings is 3. The van der Waals surface area contributed by atoms with Gasteiger partial charge >= 0.3 is 0 Å². The average Bonchev–Trinajstić information content (AvgIpc) is 2.75. The fourth-order valence-electron chi connectivity index (χ4n) is 2.64. The summed E-state index contributed by atoms with van der Waals surface area (Å²) < 4.78 is 11.0. The molecule has 0 spiro atoms. The Balaban J connectivity index is 1.54. The zero-order valence-corrected chi connectivity index (χ0v) is 17.8. The van der Waals surface area contributed by atoms with Crippen LogP contribution in [-0.2, 0) is 17.8 Å². The second kappa shape index (κ2) is 10.7. The number of nitrogens with zero attached hydrogens (tertiary/aromatic N) is 1. The van der Waals surface area contributed by atoms with Crippen molar-refractivity contribution in [1.82, 2.24) is 5.43 Å². The van der Waals surface area contributed by atoms with Gasteiger partial charge in [-0.2, -0.15) is 5.10 Å². The van der Waals surface area contributed by atoms with Crippen molar-refractivity contribution in [1.29, 1.82) is 0 Å². The van der Waals surface area contributed by atoms with Crippen molar-refractivity contribution in [3.8, 4) is 11.5 Å². The van der Waals surface area contributed by atoms with E-state index in [0.717, 1.165) is 11.1 Å². The van der Waals surface area contributed by atoms with E-state index in [0.29, 0.717) is 33.7 Å². The first-order valence-corrected chi connectivity index (χ1v) is 9.91. The van der Waals surface area contributed by atoms with Crippen molar-refractivity contribution in [3.05, 3.63) is 93.5 Å².